The second-order valence-electron chi connectivity index (χ2n) is 4.41. The van der Waals surface area contributed by atoms with E-state index in [-0.39, 0.29) is 5.56 Å². The first-order chi connectivity index (χ1) is 9.04. The number of nitrogens with zero attached hydrogens (tertiary/aromatic N) is 2. The molecule has 0 fully saturated rings. The molecule has 0 saturated heterocycles. The minimum Gasteiger partial charge on any atom is -0.478 e. The van der Waals surface area contributed by atoms with E-state index in [4.69, 9.17) is 0 Å². The number of hydrogen-bond donors (Lipinski definition) is 1. The molecule has 2 rings (SSSR count). The highest BCUT2D eigenvalue weighted by atomic mass is 16.4. The van der Waals surface area contributed by atoms with Crippen LogP contribution in [0.15, 0.2) is 24.3 Å². The Kier molecular flexibility index (Phi) is 3.60. The molecule has 1 aromatic heterocycles. The van der Waals surface area contributed by atoms with E-state index in [0.29, 0.717) is 23.6 Å². The van der Waals surface area contributed by atoms with E-state index in [1.165, 1.54) is 0 Å². The van der Waals surface area contributed by atoms with E-state index < -0.39 is 5.97 Å². The Bertz CT molecular complexity index is 636. The molecule has 1 heterocycles. The summed E-state index contributed by atoms with van der Waals surface area (Å²) in [5, 5.41) is 9.44. The maximum Gasteiger partial charge on any atom is 0.339 e. The number of carboxylic acids is 1. The summed E-state index contributed by atoms with van der Waals surface area (Å²) < 4.78 is 0. The molecule has 0 saturated carbocycles. The monoisotopic (exact) mass is 256 g/mol. The molecular weight excluding hydrogens is 240 g/mol. The van der Waals surface area contributed by atoms with Gasteiger partial charge in [0.05, 0.1) is 11.4 Å². The Balaban J connectivity index is 2.79. The van der Waals surface area contributed by atoms with Crippen LogP contribution in [-0.4, -0.2) is 21.0 Å². The number of benzene rings is 1. The van der Waals surface area contributed by atoms with Gasteiger partial charge >= 0.3 is 5.97 Å². The quantitative estimate of drug-likeness (QED) is 0.916. The number of carbonyl (C=O) groups is 1. The van der Waals surface area contributed by atoms with Crippen molar-refractivity contribution in [1.82, 2.24) is 9.97 Å². The molecule has 1 aromatic carbocycles. The SMILES string of the molecule is CCc1nc(C)nc(-c2ccccc2C)c1C(=O)O. The summed E-state index contributed by atoms with van der Waals surface area (Å²) in [7, 11) is 0. The van der Waals surface area contributed by atoms with Gasteiger partial charge in [0.2, 0.25) is 0 Å². The van der Waals surface area contributed by atoms with E-state index in [2.05, 4.69) is 9.97 Å². The van der Waals surface area contributed by atoms with Gasteiger partial charge in [0.25, 0.3) is 0 Å². The lowest BCUT2D eigenvalue weighted by Crippen LogP contribution is -2.11. The van der Waals surface area contributed by atoms with E-state index in [1.54, 1.807) is 6.92 Å². The lowest BCUT2D eigenvalue weighted by molar-refractivity contribution is 0.0695. The fourth-order valence-electron chi connectivity index (χ4n) is 2.14. The zero-order chi connectivity index (χ0) is 14.0. The predicted molar refractivity (Wildman–Crippen MR) is 73.3 cm³/mol. The zero-order valence-corrected chi connectivity index (χ0v) is 11.3. The van der Waals surface area contributed by atoms with Crippen LogP contribution in [0.1, 0.15) is 34.4 Å². The van der Waals surface area contributed by atoms with Crippen LogP contribution in [0.25, 0.3) is 11.3 Å². The highest BCUT2D eigenvalue weighted by Gasteiger charge is 2.20. The standard InChI is InChI=1S/C15H16N2O2/c1-4-12-13(15(18)19)14(17-10(3)16-12)11-8-6-5-7-9(11)2/h5-8H,4H2,1-3H3,(H,18,19). The largest absolute Gasteiger partial charge is 0.478 e. The van der Waals surface area contributed by atoms with Crippen LogP contribution < -0.4 is 0 Å². The second kappa shape index (κ2) is 5.18. The van der Waals surface area contributed by atoms with E-state index in [9.17, 15) is 9.90 Å². The third-order valence-corrected chi connectivity index (χ3v) is 3.04. The second-order valence-corrected chi connectivity index (χ2v) is 4.41. The summed E-state index contributed by atoms with van der Waals surface area (Å²) in [6, 6.07) is 7.65. The van der Waals surface area contributed by atoms with Gasteiger partial charge < -0.3 is 5.11 Å². The van der Waals surface area contributed by atoms with Gasteiger partial charge in [-0.2, -0.15) is 0 Å². The summed E-state index contributed by atoms with van der Waals surface area (Å²) in [5.41, 5.74) is 3.15. The maximum absolute atomic E-state index is 11.5. The van der Waals surface area contributed by atoms with Gasteiger partial charge in [0.15, 0.2) is 0 Å². The molecule has 0 atom stereocenters. The molecule has 19 heavy (non-hydrogen) atoms. The van der Waals surface area contributed by atoms with Gasteiger partial charge in [0.1, 0.15) is 11.4 Å². The predicted octanol–water partition coefficient (Wildman–Crippen LogP) is 3.02. The summed E-state index contributed by atoms with van der Waals surface area (Å²) >= 11 is 0. The molecule has 98 valence electrons. The van der Waals surface area contributed by atoms with Crippen molar-refractivity contribution < 1.29 is 9.90 Å². The Morgan fingerprint density at radius 2 is 1.89 bits per heavy atom. The number of aromatic nitrogens is 2. The van der Waals surface area contributed by atoms with Crippen molar-refractivity contribution in [3.63, 3.8) is 0 Å². The maximum atomic E-state index is 11.5. The van der Waals surface area contributed by atoms with E-state index in [1.807, 2.05) is 38.1 Å². The average molecular weight is 256 g/mol. The van der Waals surface area contributed by atoms with Crippen molar-refractivity contribution in [2.24, 2.45) is 0 Å². The van der Waals surface area contributed by atoms with Crippen LogP contribution in [0.3, 0.4) is 0 Å². The molecule has 0 aliphatic heterocycles. The van der Waals surface area contributed by atoms with Gasteiger partial charge in [-0.3, -0.25) is 0 Å². The van der Waals surface area contributed by atoms with Crippen molar-refractivity contribution in [3.05, 3.63) is 46.9 Å². The minimum atomic E-state index is -0.977. The van der Waals surface area contributed by atoms with Crippen molar-refractivity contribution in [2.75, 3.05) is 0 Å². The molecule has 4 nitrogen and oxygen atoms in total. The molecule has 0 aliphatic carbocycles. The molecule has 0 bridgehead atoms. The molecule has 2 aromatic rings. The van der Waals surface area contributed by atoms with Gasteiger partial charge in [-0.1, -0.05) is 31.2 Å². The average Bonchev–Trinajstić information content (AvgIpc) is 2.37. The number of hydrogen-bond acceptors (Lipinski definition) is 3. The Morgan fingerprint density at radius 3 is 2.47 bits per heavy atom. The van der Waals surface area contributed by atoms with Crippen LogP contribution in [-0.2, 0) is 6.42 Å². The molecule has 0 radical (unpaired) electrons. The van der Waals surface area contributed by atoms with Crippen molar-refractivity contribution in [3.8, 4) is 11.3 Å². The first-order valence-electron chi connectivity index (χ1n) is 6.21. The molecular formula is C15H16N2O2. The summed E-state index contributed by atoms with van der Waals surface area (Å²) in [6.07, 6.45) is 0.573. The summed E-state index contributed by atoms with van der Waals surface area (Å²) in [4.78, 5) is 20.1. The summed E-state index contributed by atoms with van der Waals surface area (Å²) in [5.74, 6) is -0.379. The smallest absolute Gasteiger partial charge is 0.339 e. The molecule has 0 spiro atoms. The van der Waals surface area contributed by atoms with Crippen molar-refractivity contribution >= 4 is 5.97 Å². The number of carboxylic acid groups (broad SMARTS) is 1. The first-order valence-corrected chi connectivity index (χ1v) is 6.21. The Labute approximate surface area is 112 Å². The lowest BCUT2D eigenvalue weighted by Gasteiger charge is -2.12. The molecule has 0 unspecified atom stereocenters. The molecule has 4 heteroatoms. The van der Waals surface area contributed by atoms with Gasteiger partial charge in [-0.15, -0.1) is 0 Å². The normalized spacial score (nSPS) is 10.5. The lowest BCUT2D eigenvalue weighted by atomic mass is 9.99. The fourth-order valence-corrected chi connectivity index (χ4v) is 2.14. The van der Waals surface area contributed by atoms with Crippen LogP contribution >= 0.6 is 0 Å². The van der Waals surface area contributed by atoms with E-state index >= 15 is 0 Å². The van der Waals surface area contributed by atoms with Gasteiger partial charge in [-0.25, -0.2) is 14.8 Å². The van der Waals surface area contributed by atoms with Crippen molar-refractivity contribution in [1.29, 1.82) is 0 Å². The first kappa shape index (κ1) is 13.2. The summed E-state index contributed by atoms with van der Waals surface area (Å²) in [6.45, 7) is 5.63. The van der Waals surface area contributed by atoms with Crippen LogP contribution in [0, 0.1) is 13.8 Å². The van der Waals surface area contributed by atoms with Gasteiger partial charge in [0, 0.05) is 5.56 Å². The Hall–Kier alpha value is -2.23. The minimum absolute atomic E-state index is 0.211. The molecule has 1 N–H and O–H groups in total. The van der Waals surface area contributed by atoms with Crippen LogP contribution in [0.2, 0.25) is 0 Å². The van der Waals surface area contributed by atoms with Crippen LogP contribution in [0.5, 0.6) is 0 Å². The van der Waals surface area contributed by atoms with Gasteiger partial charge in [-0.05, 0) is 25.8 Å². The molecule has 0 amide bonds. The van der Waals surface area contributed by atoms with E-state index in [0.717, 1.165) is 11.1 Å². The number of aryl methyl sites for hydroxylation is 3. The number of rotatable bonds is 3. The third-order valence-electron chi connectivity index (χ3n) is 3.04. The molecule has 0 aliphatic rings. The number of aromatic carboxylic acids is 1. The zero-order valence-electron chi connectivity index (χ0n) is 11.3. The van der Waals surface area contributed by atoms with Crippen LogP contribution in [0.4, 0.5) is 0 Å². The Morgan fingerprint density at radius 1 is 1.21 bits per heavy atom. The topological polar surface area (TPSA) is 63.1 Å². The third kappa shape index (κ3) is 2.47. The van der Waals surface area contributed by atoms with Crippen molar-refractivity contribution in [2.45, 2.75) is 27.2 Å². The highest BCUT2D eigenvalue weighted by molar-refractivity contribution is 5.96. The highest BCUT2D eigenvalue weighted by Crippen LogP contribution is 2.27. The fraction of sp³-hybridized carbons (Fsp3) is 0.267.